The summed E-state index contributed by atoms with van der Waals surface area (Å²) in [7, 11) is 5.40. The number of anilines is 3. The summed E-state index contributed by atoms with van der Waals surface area (Å²) in [6.07, 6.45) is 4.59. The van der Waals surface area contributed by atoms with Gasteiger partial charge in [0.1, 0.15) is 11.4 Å². The highest BCUT2D eigenvalue weighted by Crippen LogP contribution is 2.34. The Labute approximate surface area is 241 Å². The molecule has 2 saturated heterocycles. The average Bonchev–Trinajstić information content (AvgIpc) is 3.38. The van der Waals surface area contributed by atoms with Crippen LogP contribution in [0.4, 0.5) is 21.7 Å². The number of ether oxygens (including phenoxy) is 2. The molecule has 2 aliphatic heterocycles. The van der Waals surface area contributed by atoms with E-state index in [9.17, 15) is 9.18 Å². The van der Waals surface area contributed by atoms with Gasteiger partial charge in [0, 0.05) is 44.1 Å². The molecule has 2 atom stereocenters. The van der Waals surface area contributed by atoms with Crippen molar-refractivity contribution in [2.75, 3.05) is 64.1 Å². The number of morpholine rings is 2. The highest BCUT2D eigenvalue weighted by atomic mass is 35.5. The molecule has 6 rings (SSSR count). The predicted molar refractivity (Wildman–Crippen MR) is 153 cm³/mol. The second-order valence-electron chi connectivity index (χ2n) is 10.4. The highest BCUT2D eigenvalue weighted by Gasteiger charge is 2.37. The number of hydrogen-bond acceptors (Lipinski definition) is 9. The third-order valence-corrected chi connectivity index (χ3v) is 7.43. The molecule has 3 aromatic heterocycles. The summed E-state index contributed by atoms with van der Waals surface area (Å²) in [4.78, 5) is 31.8. The van der Waals surface area contributed by atoms with Gasteiger partial charge in [-0.25, -0.2) is 19.3 Å². The molecule has 0 saturated carbocycles. The average molecular weight is 581 g/mol. The van der Waals surface area contributed by atoms with Crippen LogP contribution in [0.2, 0.25) is 5.02 Å². The van der Waals surface area contributed by atoms with Gasteiger partial charge in [0.15, 0.2) is 11.5 Å². The third kappa shape index (κ3) is 5.50. The maximum atomic E-state index is 14.2. The fourth-order valence-corrected chi connectivity index (χ4v) is 5.52. The summed E-state index contributed by atoms with van der Waals surface area (Å²) in [6, 6.07) is 8.82. The van der Waals surface area contributed by atoms with Crippen LogP contribution in [0.15, 0.2) is 48.9 Å². The molecule has 1 N–H and O–H groups in total. The number of nitrogens with one attached hydrogen (secondary N) is 1. The number of likely N-dealkylation sites (N-methyl/N-ethyl adjacent to an activating group) is 1. The summed E-state index contributed by atoms with van der Waals surface area (Å²) >= 11 is 6.43. The van der Waals surface area contributed by atoms with Crippen LogP contribution in [0.25, 0.3) is 17.0 Å². The Bertz CT molecular complexity index is 1580. The number of rotatable bonds is 7. The van der Waals surface area contributed by atoms with Gasteiger partial charge in [0.05, 0.1) is 54.7 Å². The molecule has 2 unspecified atom stereocenters. The maximum Gasteiger partial charge on any atom is 0.236 e. The van der Waals surface area contributed by atoms with Crippen LogP contribution in [0.1, 0.15) is 0 Å². The van der Waals surface area contributed by atoms with Gasteiger partial charge in [-0.1, -0.05) is 11.6 Å². The van der Waals surface area contributed by atoms with Crippen molar-refractivity contribution < 1.29 is 18.7 Å². The van der Waals surface area contributed by atoms with Crippen LogP contribution in [0.5, 0.6) is 5.75 Å². The first-order valence-corrected chi connectivity index (χ1v) is 13.6. The standard InChI is InChI=1S/C28H30ClFN8O3/c1-35(2)16-25(39)37-14-18-12-36(13-19(15-37)41-18)17-6-7-22(24(9-17)40-3)33-28-32-10-20(29)26(34-28)23-11-31-27-21(30)5-4-8-38(23)27/h4-11,18-19H,12-16H2,1-3H3,(H,32,33,34). The van der Waals surface area contributed by atoms with Crippen molar-refractivity contribution >= 4 is 40.5 Å². The van der Waals surface area contributed by atoms with E-state index in [1.54, 1.807) is 23.8 Å². The number of halogens is 2. The molecule has 214 valence electrons. The normalized spacial score (nSPS) is 18.7. The molecule has 2 bridgehead atoms. The van der Waals surface area contributed by atoms with Crippen LogP contribution in [-0.2, 0) is 9.53 Å². The number of imidazole rings is 1. The lowest BCUT2D eigenvalue weighted by Gasteiger charge is -2.46. The van der Waals surface area contributed by atoms with E-state index in [0.29, 0.717) is 66.5 Å². The van der Waals surface area contributed by atoms with Crippen LogP contribution in [0.3, 0.4) is 0 Å². The lowest BCUT2D eigenvalue weighted by Crippen LogP contribution is -2.61. The number of nitrogens with zero attached hydrogens (tertiary/aromatic N) is 7. The molecule has 2 fully saturated rings. The van der Waals surface area contributed by atoms with Crippen molar-refractivity contribution in [3.63, 3.8) is 0 Å². The van der Waals surface area contributed by atoms with Gasteiger partial charge in [-0.05, 0) is 38.4 Å². The summed E-state index contributed by atoms with van der Waals surface area (Å²) < 4.78 is 27.6. The lowest BCUT2D eigenvalue weighted by molar-refractivity contribution is -0.147. The van der Waals surface area contributed by atoms with Crippen molar-refractivity contribution in [3.05, 3.63) is 59.8 Å². The zero-order valence-electron chi connectivity index (χ0n) is 22.9. The minimum Gasteiger partial charge on any atom is -0.494 e. The molecule has 0 aliphatic carbocycles. The summed E-state index contributed by atoms with van der Waals surface area (Å²) in [6.45, 7) is 2.88. The molecule has 0 spiro atoms. The quantitative estimate of drug-likeness (QED) is 0.353. The van der Waals surface area contributed by atoms with E-state index in [2.05, 4.69) is 25.2 Å². The Kier molecular flexibility index (Phi) is 7.37. The van der Waals surface area contributed by atoms with Crippen molar-refractivity contribution in [1.29, 1.82) is 0 Å². The van der Waals surface area contributed by atoms with Crippen LogP contribution in [-0.4, -0.2) is 101 Å². The minimum atomic E-state index is -0.439. The number of pyridine rings is 1. The SMILES string of the molecule is COc1cc(N2CC3CN(C(=O)CN(C)C)CC(C2)O3)ccc1Nc1ncc(Cl)c(-c2cnc3c(F)cccn23)n1. The Morgan fingerprint density at radius 1 is 1.17 bits per heavy atom. The van der Waals surface area contributed by atoms with Crippen LogP contribution in [0, 0.1) is 5.82 Å². The zero-order valence-corrected chi connectivity index (χ0v) is 23.7. The van der Waals surface area contributed by atoms with E-state index in [-0.39, 0.29) is 23.8 Å². The Morgan fingerprint density at radius 2 is 1.95 bits per heavy atom. The topological polar surface area (TPSA) is 100 Å². The molecule has 13 heteroatoms. The van der Waals surface area contributed by atoms with Gasteiger partial charge < -0.3 is 29.5 Å². The largest absolute Gasteiger partial charge is 0.494 e. The van der Waals surface area contributed by atoms with E-state index in [4.69, 9.17) is 21.1 Å². The van der Waals surface area contributed by atoms with E-state index in [1.165, 1.54) is 18.5 Å². The Hall–Kier alpha value is -4.00. The maximum absolute atomic E-state index is 14.2. The lowest BCUT2D eigenvalue weighted by atomic mass is 10.1. The van der Waals surface area contributed by atoms with Crippen LogP contribution < -0.4 is 15.0 Å². The van der Waals surface area contributed by atoms with E-state index in [0.717, 1.165) is 5.69 Å². The van der Waals surface area contributed by atoms with Crippen molar-refractivity contribution in [2.45, 2.75) is 12.2 Å². The van der Waals surface area contributed by atoms with Gasteiger partial charge in [0.2, 0.25) is 11.9 Å². The van der Waals surface area contributed by atoms with E-state index >= 15 is 0 Å². The Balaban J connectivity index is 1.20. The number of carbonyl (C=O) groups is 1. The Morgan fingerprint density at radius 3 is 2.68 bits per heavy atom. The van der Waals surface area contributed by atoms with Gasteiger partial charge in [-0.2, -0.15) is 0 Å². The third-order valence-electron chi connectivity index (χ3n) is 7.16. The van der Waals surface area contributed by atoms with E-state index < -0.39 is 5.82 Å². The zero-order chi connectivity index (χ0) is 28.7. The number of aromatic nitrogens is 4. The number of hydrogen-bond donors (Lipinski definition) is 1. The number of amides is 1. The van der Waals surface area contributed by atoms with Gasteiger partial charge in [0.25, 0.3) is 0 Å². The second kappa shape index (κ2) is 11.1. The first kappa shape index (κ1) is 27.2. The van der Waals surface area contributed by atoms with Gasteiger partial charge in [-0.15, -0.1) is 0 Å². The summed E-state index contributed by atoms with van der Waals surface area (Å²) in [5.41, 5.74) is 2.80. The first-order valence-electron chi connectivity index (χ1n) is 13.2. The first-order chi connectivity index (χ1) is 19.8. The molecule has 5 heterocycles. The molecule has 41 heavy (non-hydrogen) atoms. The monoisotopic (exact) mass is 580 g/mol. The molecule has 4 aromatic rings. The van der Waals surface area contributed by atoms with Crippen molar-refractivity contribution in [2.24, 2.45) is 0 Å². The second-order valence-corrected chi connectivity index (χ2v) is 10.8. The molecule has 1 aromatic carbocycles. The fourth-order valence-electron chi connectivity index (χ4n) is 5.34. The highest BCUT2D eigenvalue weighted by molar-refractivity contribution is 6.32. The number of benzene rings is 1. The van der Waals surface area contributed by atoms with Crippen molar-refractivity contribution in [1.82, 2.24) is 29.2 Å². The summed E-state index contributed by atoms with van der Waals surface area (Å²) in [5.74, 6) is 0.593. The molecule has 1 amide bonds. The number of carbonyl (C=O) groups excluding carboxylic acids is 1. The molecule has 0 radical (unpaired) electrons. The fraction of sp³-hybridized carbons (Fsp3) is 0.357. The van der Waals surface area contributed by atoms with Gasteiger partial charge >= 0.3 is 0 Å². The number of fused-ring (bicyclic) bond motifs is 3. The molecule has 11 nitrogen and oxygen atoms in total. The number of methoxy groups -OCH3 is 1. The van der Waals surface area contributed by atoms with Crippen molar-refractivity contribution in [3.8, 4) is 17.1 Å². The molecular formula is C28H30ClFN8O3. The predicted octanol–water partition coefficient (Wildman–Crippen LogP) is 3.31. The van der Waals surface area contributed by atoms with Crippen LogP contribution >= 0.6 is 11.6 Å². The smallest absolute Gasteiger partial charge is 0.236 e. The van der Waals surface area contributed by atoms with Gasteiger partial charge in [-0.3, -0.25) is 9.20 Å². The summed E-state index contributed by atoms with van der Waals surface area (Å²) in [5, 5.41) is 3.52. The molecular weight excluding hydrogens is 551 g/mol. The van der Waals surface area contributed by atoms with E-state index in [1.807, 2.05) is 42.1 Å². The molecule has 2 aliphatic rings. The minimum absolute atomic E-state index is 0.0635.